The van der Waals surface area contributed by atoms with E-state index >= 15 is 0 Å². The van der Waals surface area contributed by atoms with Gasteiger partial charge in [-0.05, 0) is 91.6 Å². The number of amides is 1. The van der Waals surface area contributed by atoms with Crippen molar-refractivity contribution < 1.29 is 22.1 Å². The molecule has 1 aliphatic carbocycles. The molecule has 2 atom stereocenters. The van der Waals surface area contributed by atoms with Crippen molar-refractivity contribution in [2.45, 2.75) is 38.5 Å². The number of carbonyl (C=O) groups excluding carboxylic acids is 1. The second kappa shape index (κ2) is 12.4. The summed E-state index contributed by atoms with van der Waals surface area (Å²) in [6.45, 7) is 2.01. The summed E-state index contributed by atoms with van der Waals surface area (Å²) in [5, 5.41) is 4.55. The van der Waals surface area contributed by atoms with E-state index in [-0.39, 0.29) is 17.6 Å². The fourth-order valence-corrected chi connectivity index (χ4v) is 4.56. The fraction of sp³-hybridized carbons (Fsp3) is 0.360. The van der Waals surface area contributed by atoms with Crippen LogP contribution < -0.4 is 5.32 Å². The van der Waals surface area contributed by atoms with Crippen molar-refractivity contribution >= 4 is 45.5 Å². The van der Waals surface area contributed by atoms with Crippen LogP contribution in [0.3, 0.4) is 0 Å². The first-order valence-corrected chi connectivity index (χ1v) is 12.4. The zero-order valence-electron chi connectivity index (χ0n) is 19.0. The van der Waals surface area contributed by atoms with Crippen LogP contribution >= 0.6 is 11.6 Å². The maximum Gasteiger partial charge on any atom is 0.227 e. The van der Waals surface area contributed by atoms with Gasteiger partial charge in [-0.2, -0.15) is 0 Å². The SMILES string of the molecule is COS(=O)[O-].C[C@@H](C(=O)Nc1ccc(Cl)cc1)C1CCC(c2ccnc3ccc(F)cc23)CC1. The number of anilines is 1. The van der Waals surface area contributed by atoms with Gasteiger partial charge in [-0.3, -0.25) is 9.78 Å². The maximum absolute atomic E-state index is 13.8. The zero-order valence-corrected chi connectivity index (χ0v) is 20.6. The molecular formula is C25H27ClFN2O4S-. The molecule has 0 spiro atoms. The number of benzene rings is 2. The molecule has 4 rings (SSSR count). The van der Waals surface area contributed by atoms with Crippen LogP contribution in [0.15, 0.2) is 54.7 Å². The van der Waals surface area contributed by atoms with Gasteiger partial charge in [0.2, 0.25) is 5.91 Å². The predicted octanol–water partition coefficient (Wildman–Crippen LogP) is 6.00. The minimum Gasteiger partial charge on any atom is -0.750 e. The molecule has 2 aromatic carbocycles. The van der Waals surface area contributed by atoms with Crippen LogP contribution in [0.25, 0.3) is 10.9 Å². The van der Waals surface area contributed by atoms with Gasteiger partial charge in [0.05, 0.1) is 24.0 Å². The Balaban J connectivity index is 0.000000588. The van der Waals surface area contributed by atoms with Gasteiger partial charge in [0, 0.05) is 28.2 Å². The van der Waals surface area contributed by atoms with Gasteiger partial charge in [0.1, 0.15) is 5.82 Å². The number of rotatable bonds is 5. The maximum atomic E-state index is 13.8. The van der Waals surface area contributed by atoms with Crippen molar-refractivity contribution in [1.29, 1.82) is 0 Å². The van der Waals surface area contributed by atoms with Gasteiger partial charge in [-0.1, -0.05) is 18.5 Å². The van der Waals surface area contributed by atoms with E-state index in [1.54, 1.807) is 24.3 Å². The van der Waals surface area contributed by atoms with Gasteiger partial charge in [-0.25, -0.2) is 8.60 Å². The predicted molar refractivity (Wildman–Crippen MR) is 132 cm³/mol. The second-order valence-corrected chi connectivity index (χ2v) is 9.51. The largest absolute Gasteiger partial charge is 0.750 e. The Morgan fingerprint density at radius 2 is 1.82 bits per heavy atom. The standard InChI is InChI=1S/C24H24ClFN2O.CH4O3S/c1-15(24(29)28-20-9-6-18(25)7-10-20)16-2-4-17(5-3-16)21-12-13-27-23-11-8-19(26)14-22(21)23;1-4-5(2)3/h6-17H,2-5H2,1H3,(H,28,29);1H3,(H,2,3)/p-1/t15-,16?,17?;/m1./s1. The second-order valence-electron chi connectivity index (χ2n) is 8.33. The van der Waals surface area contributed by atoms with Crippen LogP contribution in [0, 0.1) is 17.7 Å². The quantitative estimate of drug-likeness (QED) is 0.429. The lowest BCUT2D eigenvalue weighted by molar-refractivity contribution is -0.121. The summed E-state index contributed by atoms with van der Waals surface area (Å²) in [5.41, 5.74) is 2.78. The number of carbonyl (C=O) groups is 1. The molecule has 9 heteroatoms. The molecule has 0 saturated heterocycles. The summed E-state index contributed by atoms with van der Waals surface area (Å²) in [6.07, 6.45) is 5.78. The minimum absolute atomic E-state index is 0.0483. The van der Waals surface area contributed by atoms with Crippen molar-refractivity contribution in [3.8, 4) is 0 Å². The average molecular weight is 506 g/mol. The van der Waals surface area contributed by atoms with Crippen molar-refractivity contribution in [3.63, 3.8) is 0 Å². The van der Waals surface area contributed by atoms with E-state index in [0.29, 0.717) is 16.9 Å². The lowest BCUT2D eigenvalue weighted by Crippen LogP contribution is -2.29. The number of aromatic nitrogens is 1. The Labute approximate surface area is 206 Å². The molecule has 182 valence electrons. The number of halogens is 2. The van der Waals surface area contributed by atoms with Crippen molar-refractivity contribution in [1.82, 2.24) is 4.98 Å². The summed E-state index contributed by atoms with van der Waals surface area (Å²) in [4.78, 5) is 17.0. The van der Waals surface area contributed by atoms with E-state index in [0.717, 1.165) is 49.4 Å². The lowest BCUT2D eigenvalue weighted by atomic mass is 9.73. The number of pyridine rings is 1. The third kappa shape index (κ3) is 7.06. The molecule has 1 amide bonds. The van der Waals surface area contributed by atoms with Gasteiger partial charge >= 0.3 is 0 Å². The highest BCUT2D eigenvalue weighted by Crippen LogP contribution is 2.41. The number of hydrogen-bond donors (Lipinski definition) is 1. The number of fused-ring (bicyclic) bond motifs is 1. The first kappa shape index (κ1) is 26.2. The first-order chi connectivity index (χ1) is 16.3. The molecule has 0 aliphatic heterocycles. The molecular weight excluding hydrogens is 479 g/mol. The van der Waals surface area contributed by atoms with Crippen LogP contribution in [-0.2, 0) is 20.3 Å². The normalized spacial score (nSPS) is 19.6. The highest BCUT2D eigenvalue weighted by molar-refractivity contribution is 7.74. The molecule has 0 radical (unpaired) electrons. The number of hydrogen-bond acceptors (Lipinski definition) is 5. The van der Waals surface area contributed by atoms with E-state index in [1.807, 2.05) is 31.3 Å². The van der Waals surface area contributed by atoms with Crippen LogP contribution in [-0.4, -0.2) is 26.8 Å². The molecule has 6 nitrogen and oxygen atoms in total. The minimum atomic E-state index is -2.32. The zero-order chi connectivity index (χ0) is 24.7. The lowest BCUT2D eigenvalue weighted by Gasteiger charge is -2.32. The van der Waals surface area contributed by atoms with Gasteiger partial charge < -0.3 is 14.1 Å². The molecule has 1 unspecified atom stereocenters. The highest BCUT2D eigenvalue weighted by atomic mass is 35.5. The molecule has 1 fully saturated rings. The molecule has 1 aliphatic rings. The Bertz CT molecular complexity index is 1140. The van der Waals surface area contributed by atoms with E-state index in [1.165, 1.54) is 11.6 Å². The molecule has 34 heavy (non-hydrogen) atoms. The van der Waals surface area contributed by atoms with Crippen molar-refractivity contribution in [2.24, 2.45) is 11.8 Å². The molecule has 1 saturated carbocycles. The summed E-state index contributed by atoms with van der Waals surface area (Å²) >= 11 is 3.58. The third-order valence-electron chi connectivity index (χ3n) is 6.32. The Morgan fingerprint density at radius 3 is 2.44 bits per heavy atom. The summed E-state index contributed by atoms with van der Waals surface area (Å²) in [7, 11) is 1.09. The summed E-state index contributed by atoms with van der Waals surface area (Å²) < 4.78 is 35.7. The van der Waals surface area contributed by atoms with E-state index < -0.39 is 11.4 Å². The van der Waals surface area contributed by atoms with Crippen molar-refractivity contribution in [2.75, 3.05) is 12.4 Å². The number of nitrogens with zero attached hydrogens (tertiary/aromatic N) is 1. The van der Waals surface area contributed by atoms with Crippen LogP contribution in [0.2, 0.25) is 5.02 Å². The molecule has 0 bridgehead atoms. The van der Waals surface area contributed by atoms with Crippen LogP contribution in [0.4, 0.5) is 10.1 Å². The summed E-state index contributed by atoms with van der Waals surface area (Å²) in [6, 6.07) is 14.0. The van der Waals surface area contributed by atoms with Crippen LogP contribution in [0.5, 0.6) is 0 Å². The first-order valence-electron chi connectivity index (χ1n) is 11.0. The Hall–Kier alpha value is -2.39. The van der Waals surface area contributed by atoms with E-state index in [2.05, 4.69) is 14.5 Å². The van der Waals surface area contributed by atoms with Gasteiger partial charge in [-0.15, -0.1) is 0 Å². The smallest absolute Gasteiger partial charge is 0.227 e. The van der Waals surface area contributed by atoms with E-state index in [4.69, 9.17) is 20.4 Å². The monoisotopic (exact) mass is 505 g/mol. The molecule has 3 aromatic rings. The third-order valence-corrected chi connectivity index (χ3v) is 6.84. The van der Waals surface area contributed by atoms with Crippen LogP contribution in [0.1, 0.15) is 44.1 Å². The highest BCUT2D eigenvalue weighted by Gasteiger charge is 2.30. The Kier molecular flexibility index (Phi) is 9.53. The topological polar surface area (TPSA) is 91.4 Å². The molecule has 1 heterocycles. The van der Waals surface area contributed by atoms with Crippen molar-refractivity contribution in [3.05, 3.63) is 71.1 Å². The average Bonchev–Trinajstić information content (AvgIpc) is 2.85. The van der Waals surface area contributed by atoms with E-state index in [9.17, 15) is 9.18 Å². The number of nitrogens with one attached hydrogen (secondary N) is 1. The Morgan fingerprint density at radius 1 is 1.18 bits per heavy atom. The fourth-order valence-electron chi connectivity index (χ4n) is 4.43. The summed E-state index contributed by atoms with van der Waals surface area (Å²) in [5.74, 6) is 0.492. The van der Waals surface area contributed by atoms with Gasteiger partial charge in [0.25, 0.3) is 0 Å². The molecule has 1 aromatic heterocycles. The molecule has 1 N–H and O–H groups in total. The van der Waals surface area contributed by atoms with Gasteiger partial charge in [0.15, 0.2) is 0 Å².